The minimum atomic E-state index is -0.829. The molecule has 1 fully saturated rings. The Morgan fingerprint density at radius 2 is 1.76 bits per heavy atom. The largest absolute Gasteiger partial charge is 0.507 e. The van der Waals surface area contributed by atoms with Gasteiger partial charge in [0.05, 0.1) is 34.8 Å². The molecule has 170 valence electrons. The minimum absolute atomic E-state index is 0.0268. The lowest BCUT2D eigenvalue weighted by Crippen LogP contribution is -2.35. The molecule has 0 spiro atoms. The maximum Gasteiger partial charge on any atom is 0.295 e. The molecular formula is C25H25FN4O3. The van der Waals surface area contributed by atoms with Crippen LogP contribution in [-0.4, -0.2) is 63.6 Å². The fraction of sp³-hybridized carbons (Fsp3) is 0.240. The lowest BCUT2D eigenvalue weighted by atomic mass is 9.95. The summed E-state index contributed by atoms with van der Waals surface area (Å²) < 4.78 is 15.2. The Kier molecular flexibility index (Phi) is 6.11. The normalized spacial score (nSPS) is 17.8. The molecule has 0 unspecified atom stereocenters. The molecule has 8 heteroatoms. The fourth-order valence-corrected chi connectivity index (χ4v) is 4.03. The number of likely N-dealkylation sites (N-methyl/N-ethyl adjacent to an activating group) is 1. The molecule has 1 saturated heterocycles. The predicted molar refractivity (Wildman–Crippen MR) is 122 cm³/mol. The third kappa shape index (κ3) is 4.17. The number of aromatic nitrogens is 2. The van der Waals surface area contributed by atoms with Crippen molar-refractivity contribution in [3.05, 3.63) is 89.0 Å². The number of aliphatic hydroxyl groups is 1. The average Bonchev–Trinajstić information content (AvgIpc) is 3.30. The number of likely N-dealkylation sites (tertiary alicyclic amines) is 1. The Bertz CT molecular complexity index is 1220. The third-order valence-electron chi connectivity index (χ3n) is 5.78. The molecule has 2 aromatic carbocycles. The monoisotopic (exact) mass is 448 g/mol. The molecule has 1 aliphatic rings. The van der Waals surface area contributed by atoms with E-state index in [4.69, 9.17) is 0 Å². The first-order valence-corrected chi connectivity index (χ1v) is 10.6. The van der Waals surface area contributed by atoms with Crippen molar-refractivity contribution in [2.24, 2.45) is 0 Å². The van der Waals surface area contributed by atoms with Gasteiger partial charge in [0.1, 0.15) is 11.6 Å². The Morgan fingerprint density at radius 1 is 1.09 bits per heavy atom. The Labute approximate surface area is 191 Å². The molecule has 7 nitrogen and oxygen atoms in total. The number of halogens is 1. The molecule has 3 aromatic rings. The molecule has 1 atom stereocenters. The molecule has 2 heterocycles. The van der Waals surface area contributed by atoms with E-state index in [1.165, 1.54) is 35.4 Å². The lowest BCUT2D eigenvalue weighted by Gasteiger charge is -2.26. The summed E-state index contributed by atoms with van der Waals surface area (Å²) in [5, 5.41) is 15.6. The van der Waals surface area contributed by atoms with Gasteiger partial charge < -0.3 is 14.9 Å². The van der Waals surface area contributed by atoms with Gasteiger partial charge in [-0.25, -0.2) is 9.07 Å². The summed E-state index contributed by atoms with van der Waals surface area (Å²) in [7, 11) is 3.73. The van der Waals surface area contributed by atoms with Gasteiger partial charge in [0, 0.05) is 13.1 Å². The van der Waals surface area contributed by atoms with Crippen molar-refractivity contribution in [3.8, 4) is 5.69 Å². The average molecular weight is 448 g/mol. The van der Waals surface area contributed by atoms with Crippen molar-refractivity contribution in [2.45, 2.75) is 13.0 Å². The summed E-state index contributed by atoms with van der Waals surface area (Å²) in [6, 6.07) is 14.2. The van der Waals surface area contributed by atoms with Gasteiger partial charge in [0.25, 0.3) is 11.7 Å². The van der Waals surface area contributed by atoms with Gasteiger partial charge in [-0.3, -0.25) is 9.59 Å². The van der Waals surface area contributed by atoms with Crippen LogP contribution in [0, 0.1) is 12.7 Å². The summed E-state index contributed by atoms with van der Waals surface area (Å²) >= 11 is 0. The molecule has 33 heavy (non-hydrogen) atoms. The van der Waals surface area contributed by atoms with Crippen molar-refractivity contribution in [2.75, 3.05) is 27.2 Å². The second-order valence-corrected chi connectivity index (χ2v) is 8.24. The van der Waals surface area contributed by atoms with Crippen LogP contribution in [0.15, 0.2) is 66.4 Å². The van der Waals surface area contributed by atoms with Crippen molar-refractivity contribution in [3.63, 3.8) is 0 Å². The third-order valence-corrected chi connectivity index (χ3v) is 5.78. The van der Waals surface area contributed by atoms with Crippen molar-refractivity contribution in [1.82, 2.24) is 19.6 Å². The predicted octanol–water partition coefficient (Wildman–Crippen LogP) is 3.30. The summed E-state index contributed by atoms with van der Waals surface area (Å²) in [5.41, 5.74) is 2.30. The van der Waals surface area contributed by atoms with Gasteiger partial charge in [-0.05, 0) is 50.8 Å². The molecule has 1 N–H and O–H groups in total. The quantitative estimate of drug-likeness (QED) is 0.356. The van der Waals surface area contributed by atoms with E-state index < -0.39 is 23.5 Å². The molecule has 4 rings (SSSR count). The number of para-hydroxylation sites is 1. The first-order chi connectivity index (χ1) is 15.8. The summed E-state index contributed by atoms with van der Waals surface area (Å²) in [6.07, 6.45) is 1.48. The van der Waals surface area contributed by atoms with E-state index >= 15 is 0 Å². The van der Waals surface area contributed by atoms with Crippen LogP contribution < -0.4 is 0 Å². The fourth-order valence-electron chi connectivity index (χ4n) is 4.03. The Hall–Kier alpha value is -3.78. The summed E-state index contributed by atoms with van der Waals surface area (Å²) in [5.74, 6) is -2.19. The van der Waals surface area contributed by atoms with Gasteiger partial charge in [-0.1, -0.05) is 30.3 Å². The molecule has 0 saturated carbocycles. The van der Waals surface area contributed by atoms with E-state index in [9.17, 15) is 19.1 Å². The summed E-state index contributed by atoms with van der Waals surface area (Å²) in [6.45, 7) is 2.58. The SMILES string of the molecule is Cc1c(C(O)=C2C(=O)C(=O)N(CCN(C)C)[C@H]2c2ccc(F)cc2)cnn1-c1ccccc1. The van der Waals surface area contributed by atoms with Crippen LogP contribution in [0.5, 0.6) is 0 Å². The highest BCUT2D eigenvalue weighted by atomic mass is 19.1. The minimum Gasteiger partial charge on any atom is -0.507 e. The maximum atomic E-state index is 13.6. The topological polar surface area (TPSA) is 78.7 Å². The van der Waals surface area contributed by atoms with Crippen molar-refractivity contribution >= 4 is 17.4 Å². The van der Waals surface area contributed by atoms with Gasteiger partial charge in [-0.2, -0.15) is 5.10 Å². The standard InChI is InChI=1S/C25H25FN4O3/c1-16-20(15-27-30(16)19-7-5-4-6-8-19)23(31)21-22(17-9-11-18(26)12-10-17)29(14-13-28(2)3)25(33)24(21)32/h4-12,15,22,31H,13-14H2,1-3H3/t22-/m0/s1. The van der Waals surface area contributed by atoms with E-state index in [0.29, 0.717) is 23.4 Å². The number of nitrogens with zero attached hydrogens (tertiary/aromatic N) is 4. The van der Waals surface area contributed by atoms with E-state index in [1.807, 2.05) is 49.3 Å². The van der Waals surface area contributed by atoms with Gasteiger partial charge >= 0.3 is 0 Å². The highest BCUT2D eigenvalue weighted by Gasteiger charge is 2.46. The first kappa shape index (κ1) is 22.4. The molecular weight excluding hydrogens is 423 g/mol. The number of hydrogen-bond acceptors (Lipinski definition) is 5. The molecule has 0 aliphatic carbocycles. The van der Waals surface area contributed by atoms with Crippen LogP contribution >= 0.6 is 0 Å². The Balaban J connectivity index is 1.84. The highest BCUT2D eigenvalue weighted by Crippen LogP contribution is 2.39. The second kappa shape index (κ2) is 8.99. The number of amides is 1. The number of benzene rings is 2. The zero-order valence-electron chi connectivity index (χ0n) is 18.7. The maximum absolute atomic E-state index is 13.6. The van der Waals surface area contributed by atoms with Crippen LogP contribution in [0.1, 0.15) is 22.9 Å². The lowest BCUT2D eigenvalue weighted by molar-refractivity contribution is -0.140. The molecule has 1 aromatic heterocycles. The van der Waals surface area contributed by atoms with Crippen LogP contribution in [0.2, 0.25) is 0 Å². The number of carbonyl (C=O) groups excluding carboxylic acids is 2. The number of carbonyl (C=O) groups is 2. The zero-order chi connectivity index (χ0) is 23.7. The van der Waals surface area contributed by atoms with Gasteiger partial charge in [-0.15, -0.1) is 0 Å². The van der Waals surface area contributed by atoms with E-state index in [1.54, 1.807) is 11.6 Å². The zero-order valence-corrected chi connectivity index (χ0v) is 18.7. The summed E-state index contributed by atoms with van der Waals surface area (Å²) in [4.78, 5) is 29.4. The Morgan fingerprint density at radius 3 is 2.39 bits per heavy atom. The van der Waals surface area contributed by atoms with Crippen LogP contribution in [0.3, 0.4) is 0 Å². The highest BCUT2D eigenvalue weighted by molar-refractivity contribution is 6.46. The van der Waals surface area contributed by atoms with Crippen LogP contribution in [0.25, 0.3) is 11.4 Å². The van der Waals surface area contributed by atoms with E-state index in [-0.39, 0.29) is 17.9 Å². The van der Waals surface area contributed by atoms with Crippen LogP contribution in [0.4, 0.5) is 4.39 Å². The molecule has 1 amide bonds. The molecule has 0 bridgehead atoms. The second-order valence-electron chi connectivity index (χ2n) is 8.24. The van der Waals surface area contributed by atoms with E-state index in [2.05, 4.69) is 5.10 Å². The number of rotatable bonds is 6. The van der Waals surface area contributed by atoms with Gasteiger partial charge in [0.2, 0.25) is 0 Å². The van der Waals surface area contributed by atoms with Crippen molar-refractivity contribution < 1.29 is 19.1 Å². The smallest absolute Gasteiger partial charge is 0.295 e. The number of ketones is 1. The van der Waals surface area contributed by atoms with E-state index in [0.717, 1.165) is 5.69 Å². The number of Topliss-reactive ketones (excluding diaryl/α,β-unsaturated/α-hetero) is 1. The molecule has 0 radical (unpaired) electrons. The molecule has 1 aliphatic heterocycles. The van der Waals surface area contributed by atoms with Crippen LogP contribution in [-0.2, 0) is 9.59 Å². The van der Waals surface area contributed by atoms with Gasteiger partial charge in [0.15, 0.2) is 0 Å². The number of hydrogen-bond donors (Lipinski definition) is 1. The van der Waals surface area contributed by atoms with Crippen molar-refractivity contribution in [1.29, 1.82) is 0 Å². The first-order valence-electron chi connectivity index (χ1n) is 10.6. The number of aliphatic hydroxyl groups excluding tert-OH is 1.